The number of methoxy groups -OCH3 is 2. The summed E-state index contributed by atoms with van der Waals surface area (Å²) in [7, 11) is 3.36. The van der Waals surface area contributed by atoms with E-state index in [1.54, 1.807) is 14.2 Å². The van der Waals surface area contributed by atoms with Gasteiger partial charge in [0, 0.05) is 17.1 Å². The van der Waals surface area contributed by atoms with Crippen LogP contribution in [0.3, 0.4) is 0 Å². The van der Waals surface area contributed by atoms with Crippen molar-refractivity contribution in [2.45, 2.75) is 19.5 Å². The number of ether oxygens (including phenoxy) is 2. The molecular weight excluding hydrogens is 330 g/mol. The van der Waals surface area contributed by atoms with E-state index in [4.69, 9.17) is 9.47 Å². The second-order valence-electron chi connectivity index (χ2n) is 4.83. The number of nitrogens with one attached hydrogen (secondary N) is 1. The first kappa shape index (κ1) is 15.9. The lowest BCUT2D eigenvalue weighted by molar-refractivity contribution is 0.413. The molecule has 21 heavy (non-hydrogen) atoms. The zero-order chi connectivity index (χ0) is 15.2. The van der Waals surface area contributed by atoms with Gasteiger partial charge in [-0.2, -0.15) is 0 Å². The Bertz CT molecular complexity index is 584. The van der Waals surface area contributed by atoms with Crippen LogP contribution in [0.25, 0.3) is 0 Å². The smallest absolute Gasteiger partial charge is 0.119 e. The van der Waals surface area contributed by atoms with Crippen molar-refractivity contribution in [1.29, 1.82) is 0 Å². The third kappa shape index (κ3) is 4.22. The predicted octanol–water partition coefficient (Wildman–Crippen LogP) is 4.32. The van der Waals surface area contributed by atoms with E-state index in [0.717, 1.165) is 22.5 Å². The summed E-state index contributed by atoms with van der Waals surface area (Å²) < 4.78 is 11.5. The molecule has 0 spiro atoms. The van der Waals surface area contributed by atoms with E-state index in [0.29, 0.717) is 0 Å². The predicted molar refractivity (Wildman–Crippen MR) is 88.9 cm³/mol. The maximum atomic E-state index is 5.26. The second-order valence-corrected chi connectivity index (χ2v) is 5.69. The molecule has 1 atom stereocenters. The van der Waals surface area contributed by atoms with Gasteiger partial charge in [-0.1, -0.05) is 28.1 Å². The molecule has 1 N–H and O–H groups in total. The van der Waals surface area contributed by atoms with Gasteiger partial charge >= 0.3 is 0 Å². The van der Waals surface area contributed by atoms with Crippen molar-refractivity contribution >= 4 is 15.9 Å². The Hall–Kier alpha value is -1.52. The topological polar surface area (TPSA) is 30.5 Å². The summed E-state index contributed by atoms with van der Waals surface area (Å²) in [5.41, 5.74) is 2.41. The second kappa shape index (κ2) is 7.48. The van der Waals surface area contributed by atoms with Crippen molar-refractivity contribution in [3.63, 3.8) is 0 Å². The molecule has 0 aliphatic carbocycles. The summed E-state index contributed by atoms with van der Waals surface area (Å²) in [5.74, 6) is 1.74. The first-order chi connectivity index (χ1) is 10.1. The van der Waals surface area contributed by atoms with Crippen LogP contribution in [-0.2, 0) is 6.54 Å². The highest BCUT2D eigenvalue weighted by Crippen LogP contribution is 2.23. The molecule has 112 valence electrons. The van der Waals surface area contributed by atoms with Gasteiger partial charge in [0.2, 0.25) is 0 Å². The van der Waals surface area contributed by atoms with Crippen molar-refractivity contribution in [2.75, 3.05) is 14.2 Å². The van der Waals surface area contributed by atoms with E-state index in [9.17, 15) is 0 Å². The van der Waals surface area contributed by atoms with E-state index in [1.165, 1.54) is 11.1 Å². The molecule has 0 amide bonds. The van der Waals surface area contributed by atoms with Crippen molar-refractivity contribution in [2.24, 2.45) is 0 Å². The Labute approximate surface area is 134 Å². The maximum absolute atomic E-state index is 5.26. The van der Waals surface area contributed by atoms with Gasteiger partial charge in [0.15, 0.2) is 0 Å². The van der Waals surface area contributed by atoms with Crippen LogP contribution in [0.15, 0.2) is 46.9 Å². The number of hydrogen-bond donors (Lipinski definition) is 1. The van der Waals surface area contributed by atoms with Crippen molar-refractivity contribution in [1.82, 2.24) is 5.32 Å². The van der Waals surface area contributed by atoms with Crippen molar-refractivity contribution < 1.29 is 9.47 Å². The van der Waals surface area contributed by atoms with Gasteiger partial charge in [-0.25, -0.2) is 0 Å². The lowest BCUT2D eigenvalue weighted by Crippen LogP contribution is -2.18. The molecule has 2 rings (SSSR count). The molecule has 0 bridgehead atoms. The van der Waals surface area contributed by atoms with Gasteiger partial charge in [-0.3, -0.25) is 0 Å². The van der Waals surface area contributed by atoms with Crippen LogP contribution < -0.4 is 14.8 Å². The van der Waals surface area contributed by atoms with Crippen LogP contribution >= 0.6 is 15.9 Å². The molecule has 0 saturated carbocycles. The van der Waals surface area contributed by atoms with Gasteiger partial charge in [-0.15, -0.1) is 0 Å². The highest BCUT2D eigenvalue weighted by atomic mass is 79.9. The number of benzene rings is 2. The number of halogens is 1. The monoisotopic (exact) mass is 349 g/mol. The first-order valence-electron chi connectivity index (χ1n) is 6.83. The minimum atomic E-state index is 0.258. The fourth-order valence-corrected chi connectivity index (χ4v) is 2.47. The molecule has 0 aliphatic heterocycles. The van der Waals surface area contributed by atoms with Gasteiger partial charge in [-0.05, 0) is 48.4 Å². The van der Waals surface area contributed by atoms with Crippen LogP contribution in [0, 0.1) is 0 Å². The Kier molecular flexibility index (Phi) is 5.65. The molecule has 3 nitrogen and oxygen atoms in total. The average molecular weight is 350 g/mol. The SMILES string of the molecule is COc1ccc([C@@H](C)NCc2cc(OC)ccc2Br)cc1. The third-order valence-electron chi connectivity index (χ3n) is 3.47. The lowest BCUT2D eigenvalue weighted by atomic mass is 10.1. The van der Waals surface area contributed by atoms with Crippen LogP contribution in [0.1, 0.15) is 24.1 Å². The molecule has 0 unspecified atom stereocenters. The summed E-state index contributed by atoms with van der Waals surface area (Å²) in [6, 6.07) is 14.4. The summed E-state index contributed by atoms with van der Waals surface area (Å²) >= 11 is 3.57. The molecule has 0 saturated heterocycles. The fourth-order valence-electron chi connectivity index (χ4n) is 2.09. The lowest BCUT2D eigenvalue weighted by Gasteiger charge is -2.16. The van der Waals surface area contributed by atoms with E-state index >= 15 is 0 Å². The van der Waals surface area contributed by atoms with Crippen LogP contribution in [0.5, 0.6) is 11.5 Å². The number of hydrogen-bond acceptors (Lipinski definition) is 3. The molecule has 0 heterocycles. The van der Waals surface area contributed by atoms with Crippen LogP contribution in [0.2, 0.25) is 0 Å². The quantitative estimate of drug-likeness (QED) is 0.842. The fraction of sp³-hybridized carbons (Fsp3) is 0.294. The van der Waals surface area contributed by atoms with Crippen LogP contribution in [0.4, 0.5) is 0 Å². The Morgan fingerprint density at radius 3 is 2.24 bits per heavy atom. The van der Waals surface area contributed by atoms with Gasteiger partial charge in [0.1, 0.15) is 11.5 Å². The molecule has 0 fully saturated rings. The zero-order valence-electron chi connectivity index (χ0n) is 12.5. The highest BCUT2D eigenvalue weighted by Gasteiger charge is 2.07. The van der Waals surface area contributed by atoms with E-state index in [-0.39, 0.29) is 6.04 Å². The summed E-state index contributed by atoms with van der Waals surface area (Å²) in [5, 5.41) is 3.52. The van der Waals surface area contributed by atoms with Crippen molar-refractivity contribution in [3.05, 3.63) is 58.1 Å². The molecule has 0 aromatic heterocycles. The maximum Gasteiger partial charge on any atom is 0.119 e. The minimum absolute atomic E-state index is 0.258. The van der Waals surface area contributed by atoms with Crippen LogP contribution in [-0.4, -0.2) is 14.2 Å². The minimum Gasteiger partial charge on any atom is -0.497 e. The Morgan fingerprint density at radius 1 is 1.00 bits per heavy atom. The third-order valence-corrected chi connectivity index (χ3v) is 4.24. The zero-order valence-corrected chi connectivity index (χ0v) is 14.1. The van der Waals surface area contributed by atoms with E-state index in [1.807, 2.05) is 30.3 Å². The normalized spacial score (nSPS) is 12.0. The van der Waals surface area contributed by atoms with E-state index in [2.05, 4.69) is 40.3 Å². The van der Waals surface area contributed by atoms with Gasteiger partial charge in [0.25, 0.3) is 0 Å². The summed E-state index contributed by atoms with van der Waals surface area (Å²) in [4.78, 5) is 0. The molecular formula is C17H20BrNO2. The largest absolute Gasteiger partial charge is 0.497 e. The average Bonchev–Trinajstić information content (AvgIpc) is 2.54. The van der Waals surface area contributed by atoms with Gasteiger partial charge < -0.3 is 14.8 Å². The molecule has 4 heteroatoms. The number of rotatable bonds is 6. The molecule has 2 aromatic rings. The van der Waals surface area contributed by atoms with Crippen molar-refractivity contribution in [3.8, 4) is 11.5 Å². The summed E-state index contributed by atoms with van der Waals surface area (Å²) in [6.45, 7) is 2.92. The highest BCUT2D eigenvalue weighted by molar-refractivity contribution is 9.10. The molecule has 0 radical (unpaired) electrons. The van der Waals surface area contributed by atoms with Gasteiger partial charge in [0.05, 0.1) is 14.2 Å². The molecule has 2 aromatic carbocycles. The Morgan fingerprint density at radius 2 is 1.62 bits per heavy atom. The van der Waals surface area contributed by atoms with E-state index < -0.39 is 0 Å². The first-order valence-corrected chi connectivity index (χ1v) is 7.63. The summed E-state index contributed by atoms with van der Waals surface area (Å²) in [6.07, 6.45) is 0. The molecule has 0 aliphatic rings. The standard InChI is InChI=1S/C17H20BrNO2/c1-12(13-4-6-15(20-2)7-5-13)19-11-14-10-16(21-3)8-9-17(14)18/h4-10,12,19H,11H2,1-3H3/t12-/m1/s1. The Balaban J connectivity index is 2.01.